The van der Waals surface area contributed by atoms with Crippen LogP contribution in [0.1, 0.15) is 20.3 Å². The van der Waals surface area contributed by atoms with Crippen molar-refractivity contribution in [3.05, 3.63) is 11.6 Å². The molecule has 2 rings (SSSR count). The number of nitrogens with one attached hydrogen (secondary N) is 1. The van der Waals surface area contributed by atoms with Crippen LogP contribution in [0.3, 0.4) is 0 Å². The molecule has 0 saturated carbocycles. The van der Waals surface area contributed by atoms with Crippen molar-refractivity contribution in [3.8, 4) is 0 Å². The van der Waals surface area contributed by atoms with Gasteiger partial charge in [-0.3, -0.25) is 9.59 Å². The van der Waals surface area contributed by atoms with E-state index in [-0.39, 0.29) is 18.3 Å². The first-order valence-corrected chi connectivity index (χ1v) is 5.79. The molecule has 16 heavy (non-hydrogen) atoms. The van der Waals surface area contributed by atoms with Crippen molar-refractivity contribution in [2.75, 3.05) is 5.32 Å². The molecule has 0 unspecified atom stereocenters. The number of cyclic esters (lactones) is 1. The van der Waals surface area contributed by atoms with Gasteiger partial charge < -0.3 is 10.1 Å². The first-order valence-electron chi connectivity index (χ1n) is 4.91. The van der Waals surface area contributed by atoms with E-state index < -0.39 is 11.5 Å². The van der Waals surface area contributed by atoms with Crippen LogP contribution in [0.2, 0.25) is 0 Å². The van der Waals surface area contributed by atoms with Crippen LogP contribution >= 0.6 is 11.3 Å². The summed E-state index contributed by atoms with van der Waals surface area (Å²) >= 11 is 1.34. The molecule has 1 saturated heterocycles. The zero-order valence-electron chi connectivity index (χ0n) is 9.02. The van der Waals surface area contributed by atoms with Crippen molar-refractivity contribution in [2.24, 2.45) is 5.92 Å². The largest absolute Gasteiger partial charge is 0.459 e. The summed E-state index contributed by atoms with van der Waals surface area (Å²) in [5.41, 5.74) is -0.738. The molecule has 1 aliphatic rings. The van der Waals surface area contributed by atoms with Gasteiger partial charge in [0, 0.05) is 11.6 Å². The zero-order valence-corrected chi connectivity index (χ0v) is 9.84. The van der Waals surface area contributed by atoms with Crippen LogP contribution in [0, 0.1) is 5.92 Å². The Morgan fingerprint density at radius 3 is 2.94 bits per heavy atom. The highest BCUT2D eigenvalue weighted by Gasteiger charge is 2.46. The summed E-state index contributed by atoms with van der Waals surface area (Å²) in [5, 5.41) is 4.99. The van der Waals surface area contributed by atoms with E-state index in [9.17, 15) is 9.59 Å². The van der Waals surface area contributed by atoms with Crippen molar-refractivity contribution < 1.29 is 14.3 Å². The molecular formula is C10H12N2O3S. The van der Waals surface area contributed by atoms with Gasteiger partial charge in [0.1, 0.15) is 5.60 Å². The molecule has 1 aromatic heterocycles. The minimum atomic E-state index is -0.738. The first kappa shape index (κ1) is 11.1. The maximum atomic E-state index is 11.9. The van der Waals surface area contributed by atoms with Gasteiger partial charge in [0.15, 0.2) is 5.13 Å². The molecule has 1 fully saturated rings. The predicted octanol–water partition coefficient (Wildman–Crippen LogP) is 1.42. The third kappa shape index (κ3) is 2.06. The Morgan fingerprint density at radius 2 is 2.44 bits per heavy atom. The van der Waals surface area contributed by atoms with Crippen LogP contribution < -0.4 is 5.32 Å². The van der Waals surface area contributed by atoms with Crippen LogP contribution in [-0.2, 0) is 14.3 Å². The van der Waals surface area contributed by atoms with Gasteiger partial charge in [-0.25, -0.2) is 4.98 Å². The van der Waals surface area contributed by atoms with Crippen molar-refractivity contribution >= 4 is 28.3 Å². The Bertz CT molecular complexity index is 414. The molecule has 0 aliphatic carbocycles. The Hall–Kier alpha value is -1.43. The van der Waals surface area contributed by atoms with Gasteiger partial charge in [-0.2, -0.15) is 0 Å². The van der Waals surface area contributed by atoms with Crippen molar-refractivity contribution in [2.45, 2.75) is 25.9 Å². The zero-order chi connectivity index (χ0) is 11.8. The predicted molar refractivity (Wildman–Crippen MR) is 59.0 cm³/mol. The molecule has 1 aliphatic heterocycles. The third-order valence-corrected chi connectivity index (χ3v) is 3.25. The first-order chi connectivity index (χ1) is 7.49. The lowest BCUT2D eigenvalue weighted by Crippen LogP contribution is -2.36. The molecule has 0 bridgehead atoms. The number of nitrogens with zero attached hydrogens (tertiary/aromatic N) is 1. The molecule has 1 atom stereocenters. The van der Waals surface area contributed by atoms with Gasteiger partial charge in [-0.15, -0.1) is 11.3 Å². The average molecular weight is 240 g/mol. The normalized spacial score (nSPS) is 22.9. The highest BCUT2D eigenvalue weighted by Crippen LogP contribution is 2.33. The van der Waals surface area contributed by atoms with Crippen LogP contribution in [-0.4, -0.2) is 22.5 Å². The summed E-state index contributed by atoms with van der Waals surface area (Å²) in [4.78, 5) is 27.0. The number of esters is 1. The van der Waals surface area contributed by atoms with Crippen LogP contribution in [0.15, 0.2) is 11.6 Å². The van der Waals surface area contributed by atoms with Crippen LogP contribution in [0.4, 0.5) is 5.13 Å². The maximum Gasteiger partial charge on any atom is 0.307 e. The van der Waals surface area contributed by atoms with Crippen molar-refractivity contribution in [3.63, 3.8) is 0 Å². The Balaban J connectivity index is 2.08. The second-order valence-electron chi connectivity index (χ2n) is 4.16. The summed E-state index contributed by atoms with van der Waals surface area (Å²) in [6, 6.07) is 0. The fourth-order valence-corrected chi connectivity index (χ4v) is 2.24. The number of anilines is 1. The van der Waals surface area contributed by atoms with Crippen LogP contribution in [0.5, 0.6) is 0 Å². The number of carbonyl (C=O) groups is 2. The minimum Gasteiger partial charge on any atom is -0.459 e. The second-order valence-corrected chi connectivity index (χ2v) is 5.06. The summed E-state index contributed by atoms with van der Waals surface area (Å²) < 4.78 is 5.08. The lowest BCUT2D eigenvalue weighted by Gasteiger charge is -2.23. The molecule has 0 radical (unpaired) electrons. The molecule has 86 valence electrons. The summed E-state index contributed by atoms with van der Waals surface area (Å²) in [7, 11) is 0. The van der Waals surface area contributed by atoms with Gasteiger partial charge in [-0.05, 0) is 13.8 Å². The summed E-state index contributed by atoms with van der Waals surface area (Å²) in [6.45, 7) is 3.48. The maximum absolute atomic E-state index is 11.9. The smallest absolute Gasteiger partial charge is 0.307 e. The summed E-state index contributed by atoms with van der Waals surface area (Å²) in [6.07, 6.45) is 1.74. The van der Waals surface area contributed by atoms with Gasteiger partial charge >= 0.3 is 5.97 Å². The standard InChI is InChI=1S/C10H12N2O3S/c1-10(2)6(5-7(13)15-10)8(14)12-9-11-3-4-16-9/h3-4,6H,5H2,1-2H3,(H,11,12,14)/t6-/m1/s1. The highest BCUT2D eigenvalue weighted by atomic mass is 32.1. The number of rotatable bonds is 2. The quantitative estimate of drug-likeness (QED) is 0.794. The Kier molecular flexibility index (Phi) is 2.67. The minimum absolute atomic E-state index is 0.129. The second kappa shape index (κ2) is 3.86. The number of aromatic nitrogens is 1. The van der Waals surface area contributed by atoms with Gasteiger partial charge in [0.25, 0.3) is 0 Å². The lowest BCUT2D eigenvalue weighted by molar-refractivity contribution is -0.147. The SMILES string of the molecule is CC1(C)OC(=O)C[C@@H]1C(=O)Nc1nccs1. The van der Waals surface area contributed by atoms with E-state index in [0.29, 0.717) is 5.13 Å². The van der Waals surface area contributed by atoms with E-state index in [1.807, 2.05) is 0 Å². The van der Waals surface area contributed by atoms with E-state index in [4.69, 9.17) is 4.74 Å². The summed E-state index contributed by atoms with van der Waals surface area (Å²) in [5.74, 6) is -1.00. The van der Waals surface area contributed by atoms with Crippen molar-refractivity contribution in [1.82, 2.24) is 4.98 Å². The number of amides is 1. The molecule has 1 N–H and O–H groups in total. The third-order valence-electron chi connectivity index (χ3n) is 2.57. The van der Waals surface area contributed by atoms with Gasteiger partial charge in [0.2, 0.25) is 5.91 Å². The number of carbonyl (C=O) groups excluding carboxylic acids is 2. The molecule has 6 heteroatoms. The Morgan fingerprint density at radius 1 is 1.69 bits per heavy atom. The number of ether oxygens (including phenoxy) is 1. The van der Waals surface area contributed by atoms with E-state index in [1.54, 1.807) is 25.4 Å². The molecule has 1 amide bonds. The molecular weight excluding hydrogens is 228 g/mol. The van der Waals surface area contributed by atoms with E-state index in [2.05, 4.69) is 10.3 Å². The lowest BCUT2D eigenvalue weighted by atomic mass is 9.90. The van der Waals surface area contributed by atoms with Crippen LogP contribution in [0.25, 0.3) is 0 Å². The van der Waals surface area contributed by atoms with E-state index in [0.717, 1.165) is 0 Å². The fourth-order valence-electron chi connectivity index (χ4n) is 1.70. The Labute approximate surface area is 96.8 Å². The molecule has 1 aromatic rings. The van der Waals surface area contributed by atoms with Gasteiger partial charge in [-0.1, -0.05) is 0 Å². The number of hydrogen-bond acceptors (Lipinski definition) is 5. The number of thiazole rings is 1. The molecule has 0 aromatic carbocycles. The highest BCUT2D eigenvalue weighted by molar-refractivity contribution is 7.13. The van der Waals surface area contributed by atoms with Crippen molar-refractivity contribution in [1.29, 1.82) is 0 Å². The molecule has 2 heterocycles. The topological polar surface area (TPSA) is 68.3 Å². The number of hydrogen-bond donors (Lipinski definition) is 1. The average Bonchev–Trinajstić information content (AvgIpc) is 2.73. The molecule has 5 nitrogen and oxygen atoms in total. The van der Waals surface area contributed by atoms with Gasteiger partial charge in [0.05, 0.1) is 12.3 Å². The van der Waals surface area contributed by atoms with E-state index in [1.165, 1.54) is 11.3 Å². The monoisotopic (exact) mass is 240 g/mol. The van der Waals surface area contributed by atoms with E-state index >= 15 is 0 Å². The fraction of sp³-hybridized carbons (Fsp3) is 0.500. The molecule has 0 spiro atoms.